The number of anilines is 1. The number of carbonyl (C=O) groups is 1. The maximum atomic E-state index is 12.8. The molecule has 0 saturated carbocycles. The zero-order valence-corrected chi connectivity index (χ0v) is 18.8. The molecule has 0 aliphatic rings. The molecule has 0 unspecified atom stereocenters. The van der Waals surface area contributed by atoms with Gasteiger partial charge < -0.3 is 5.32 Å². The molecule has 1 aromatic heterocycles. The van der Waals surface area contributed by atoms with Gasteiger partial charge in [-0.2, -0.15) is 0 Å². The van der Waals surface area contributed by atoms with Crippen LogP contribution in [0.15, 0.2) is 71.2 Å². The van der Waals surface area contributed by atoms with Gasteiger partial charge in [0, 0.05) is 15.7 Å². The standard InChI is InChI=1S/C22H15BrCl2N4O/c1-13-2-4-14(5-3-13)21-27-20(28-29(21)17-9-6-15(23)7-10-17)22(30)26-16-8-11-18(24)19(25)12-16/h2-12H,1H3,(H,26,30). The fraction of sp³-hybridized carbons (Fsp3) is 0.0455. The van der Waals surface area contributed by atoms with Crippen LogP contribution in [0.2, 0.25) is 10.0 Å². The van der Waals surface area contributed by atoms with Crippen LogP contribution in [0.25, 0.3) is 17.1 Å². The molecule has 0 aliphatic carbocycles. The Hall–Kier alpha value is -2.67. The lowest BCUT2D eigenvalue weighted by molar-refractivity contribution is 0.101. The van der Waals surface area contributed by atoms with E-state index in [4.69, 9.17) is 23.2 Å². The van der Waals surface area contributed by atoms with Gasteiger partial charge in [-0.25, -0.2) is 9.67 Å². The second kappa shape index (κ2) is 8.60. The molecule has 0 fully saturated rings. The van der Waals surface area contributed by atoms with Gasteiger partial charge in [-0.1, -0.05) is 69.0 Å². The number of benzene rings is 3. The highest BCUT2D eigenvalue weighted by Gasteiger charge is 2.19. The molecule has 0 saturated heterocycles. The van der Waals surface area contributed by atoms with E-state index in [1.54, 1.807) is 22.9 Å². The first-order valence-electron chi connectivity index (χ1n) is 8.97. The van der Waals surface area contributed by atoms with Crippen molar-refractivity contribution >= 4 is 50.7 Å². The Morgan fingerprint density at radius 2 is 1.67 bits per heavy atom. The number of hydrogen-bond acceptors (Lipinski definition) is 3. The van der Waals surface area contributed by atoms with Crippen LogP contribution in [0.3, 0.4) is 0 Å². The van der Waals surface area contributed by atoms with Crippen molar-refractivity contribution in [3.63, 3.8) is 0 Å². The highest BCUT2D eigenvalue weighted by Crippen LogP contribution is 2.26. The van der Waals surface area contributed by atoms with Crippen LogP contribution in [0.5, 0.6) is 0 Å². The van der Waals surface area contributed by atoms with Crippen molar-refractivity contribution in [1.82, 2.24) is 14.8 Å². The number of aromatic nitrogens is 3. The van der Waals surface area contributed by atoms with E-state index in [0.29, 0.717) is 21.6 Å². The van der Waals surface area contributed by atoms with E-state index in [2.05, 4.69) is 31.3 Å². The Kier molecular flexibility index (Phi) is 5.90. The van der Waals surface area contributed by atoms with Gasteiger partial charge in [-0.3, -0.25) is 4.79 Å². The number of nitrogens with one attached hydrogen (secondary N) is 1. The van der Waals surface area contributed by atoms with Gasteiger partial charge in [-0.15, -0.1) is 5.10 Å². The molecule has 4 rings (SSSR count). The predicted octanol–water partition coefficient (Wildman–Crippen LogP) is 6.56. The number of carbonyl (C=O) groups excluding carboxylic acids is 1. The van der Waals surface area contributed by atoms with Crippen molar-refractivity contribution in [2.24, 2.45) is 0 Å². The molecule has 0 bridgehead atoms. The monoisotopic (exact) mass is 500 g/mol. The Morgan fingerprint density at radius 3 is 2.33 bits per heavy atom. The summed E-state index contributed by atoms with van der Waals surface area (Å²) in [5, 5.41) is 7.99. The third-order valence-corrected chi connectivity index (χ3v) is 5.64. The first kappa shape index (κ1) is 20.6. The average molecular weight is 502 g/mol. The summed E-state index contributed by atoms with van der Waals surface area (Å²) in [5.74, 6) is 0.161. The molecule has 0 atom stereocenters. The third kappa shape index (κ3) is 4.41. The summed E-state index contributed by atoms with van der Waals surface area (Å²) in [4.78, 5) is 17.3. The van der Waals surface area contributed by atoms with Crippen molar-refractivity contribution in [1.29, 1.82) is 0 Å². The van der Waals surface area contributed by atoms with Gasteiger partial charge in [0.25, 0.3) is 5.91 Å². The zero-order valence-electron chi connectivity index (χ0n) is 15.7. The van der Waals surface area contributed by atoms with E-state index in [-0.39, 0.29) is 5.82 Å². The number of rotatable bonds is 4. The molecule has 3 aromatic carbocycles. The summed E-state index contributed by atoms with van der Waals surface area (Å²) < 4.78 is 2.60. The smallest absolute Gasteiger partial charge is 0.295 e. The number of aryl methyl sites for hydroxylation is 1. The van der Waals surface area contributed by atoms with Crippen molar-refractivity contribution in [3.8, 4) is 17.1 Å². The van der Waals surface area contributed by atoms with Gasteiger partial charge in [-0.05, 0) is 49.4 Å². The molecule has 0 radical (unpaired) electrons. The molecule has 150 valence electrons. The summed E-state index contributed by atoms with van der Waals surface area (Å²) in [6.07, 6.45) is 0. The molecular formula is C22H15BrCl2N4O. The van der Waals surface area contributed by atoms with Crippen LogP contribution in [-0.4, -0.2) is 20.7 Å². The van der Waals surface area contributed by atoms with Crippen LogP contribution in [0.1, 0.15) is 16.2 Å². The van der Waals surface area contributed by atoms with E-state index >= 15 is 0 Å². The topological polar surface area (TPSA) is 59.8 Å². The van der Waals surface area contributed by atoms with Gasteiger partial charge >= 0.3 is 0 Å². The molecule has 1 amide bonds. The lowest BCUT2D eigenvalue weighted by Gasteiger charge is -2.06. The molecular weight excluding hydrogens is 487 g/mol. The first-order valence-corrected chi connectivity index (χ1v) is 10.5. The van der Waals surface area contributed by atoms with Crippen LogP contribution in [-0.2, 0) is 0 Å². The van der Waals surface area contributed by atoms with Crippen molar-refractivity contribution in [2.45, 2.75) is 6.92 Å². The predicted molar refractivity (Wildman–Crippen MR) is 124 cm³/mol. The molecule has 1 N–H and O–H groups in total. The van der Waals surface area contributed by atoms with Crippen LogP contribution in [0.4, 0.5) is 5.69 Å². The van der Waals surface area contributed by atoms with Crippen molar-refractivity contribution < 1.29 is 4.79 Å². The van der Waals surface area contributed by atoms with Crippen LogP contribution >= 0.6 is 39.1 Å². The second-order valence-electron chi connectivity index (χ2n) is 6.60. The SMILES string of the molecule is Cc1ccc(-c2nc(C(=O)Nc3ccc(Cl)c(Cl)c3)nn2-c2ccc(Br)cc2)cc1. The van der Waals surface area contributed by atoms with E-state index in [0.717, 1.165) is 21.3 Å². The fourth-order valence-corrected chi connectivity index (χ4v) is 3.38. The van der Waals surface area contributed by atoms with Gasteiger partial charge in [0.15, 0.2) is 5.82 Å². The Labute approximate surface area is 191 Å². The number of hydrogen-bond donors (Lipinski definition) is 1. The Bertz CT molecular complexity index is 1160. The number of amides is 1. The molecule has 0 spiro atoms. The highest BCUT2D eigenvalue weighted by molar-refractivity contribution is 9.10. The summed E-state index contributed by atoms with van der Waals surface area (Å²) in [5.41, 5.74) is 3.27. The first-order chi connectivity index (χ1) is 14.4. The molecule has 0 aliphatic heterocycles. The van der Waals surface area contributed by atoms with Gasteiger partial charge in [0.1, 0.15) is 0 Å². The van der Waals surface area contributed by atoms with Crippen molar-refractivity contribution in [3.05, 3.63) is 92.6 Å². The summed E-state index contributed by atoms with van der Waals surface area (Å²) in [6.45, 7) is 2.01. The minimum Gasteiger partial charge on any atom is -0.319 e. The lowest BCUT2D eigenvalue weighted by Crippen LogP contribution is -2.14. The lowest BCUT2D eigenvalue weighted by atomic mass is 10.1. The quantitative estimate of drug-likeness (QED) is 0.344. The maximum Gasteiger partial charge on any atom is 0.295 e. The fourth-order valence-electron chi connectivity index (χ4n) is 2.82. The number of halogens is 3. The van der Waals surface area contributed by atoms with E-state index < -0.39 is 5.91 Å². The van der Waals surface area contributed by atoms with E-state index in [9.17, 15) is 4.79 Å². The highest BCUT2D eigenvalue weighted by atomic mass is 79.9. The van der Waals surface area contributed by atoms with E-state index in [1.807, 2.05) is 55.5 Å². The molecule has 1 heterocycles. The second-order valence-corrected chi connectivity index (χ2v) is 8.33. The van der Waals surface area contributed by atoms with Crippen LogP contribution < -0.4 is 5.32 Å². The third-order valence-electron chi connectivity index (χ3n) is 4.37. The minimum absolute atomic E-state index is 0.0413. The normalized spacial score (nSPS) is 10.8. The molecule has 30 heavy (non-hydrogen) atoms. The Balaban J connectivity index is 1.74. The molecule has 4 aromatic rings. The largest absolute Gasteiger partial charge is 0.319 e. The summed E-state index contributed by atoms with van der Waals surface area (Å²) >= 11 is 15.4. The zero-order chi connectivity index (χ0) is 21.3. The molecule has 8 heteroatoms. The average Bonchev–Trinajstić information content (AvgIpc) is 3.17. The van der Waals surface area contributed by atoms with Gasteiger partial charge in [0.2, 0.25) is 5.82 Å². The summed E-state index contributed by atoms with van der Waals surface area (Å²) in [6, 6.07) is 20.4. The molecule has 5 nitrogen and oxygen atoms in total. The number of nitrogens with zero attached hydrogens (tertiary/aromatic N) is 3. The van der Waals surface area contributed by atoms with Crippen molar-refractivity contribution in [2.75, 3.05) is 5.32 Å². The van der Waals surface area contributed by atoms with Gasteiger partial charge in [0.05, 0.1) is 15.7 Å². The summed E-state index contributed by atoms with van der Waals surface area (Å²) in [7, 11) is 0. The maximum absolute atomic E-state index is 12.8. The van der Waals surface area contributed by atoms with E-state index in [1.165, 1.54) is 0 Å². The Morgan fingerprint density at radius 1 is 0.967 bits per heavy atom. The van der Waals surface area contributed by atoms with Crippen LogP contribution in [0, 0.1) is 6.92 Å². The minimum atomic E-state index is -0.447.